The van der Waals surface area contributed by atoms with Gasteiger partial charge in [-0.2, -0.15) is 0 Å². The molecule has 0 bridgehead atoms. The molecule has 1 heterocycles. The van der Waals surface area contributed by atoms with Crippen LogP contribution in [0.5, 0.6) is 0 Å². The maximum absolute atomic E-state index is 12.6. The van der Waals surface area contributed by atoms with Crippen LogP contribution >= 0.6 is 0 Å². The molecule has 1 aliphatic heterocycles. The first kappa shape index (κ1) is 28.3. The van der Waals surface area contributed by atoms with Gasteiger partial charge in [-0.05, 0) is 60.2 Å². The number of fused-ring (bicyclic) bond motifs is 1. The van der Waals surface area contributed by atoms with E-state index in [1.165, 1.54) is 4.41 Å². The van der Waals surface area contributed by atoms with Gasteiger partial charge in [0.15, 0.2) is 0 Å². The van der Waals surface area contributed by atoms with Gasteiger partial charge in [0.2, 0.25) is 11.3 Å². The van der Waals surface area contributed by atoms with Gasteiger partial charge in [0.25, 0.3) is 5.91 Å². The van der Waals surface area contributed by atoms with Crippen molar-refractivity contribution in [2.45, 2.75) is 19.4 Å². The number of anilines is 1. The van der Waals surface area contributed by atoms with E-state index in [0.717, 1.165) is 27.6 Å². The third kappa shape index (κ3) is 6.82. The Bertz CT molecular complexity index is 1440. The van der Waals surface area contributed by atoms with E-state index < -0.39 is 23.3 Å². The normalized spacial score (nSPS) is 15.5. The number of aliphatic carboxylic acids is 1. The number of carboxylic acids is 1. The molecule has 2 N–H and O–H groups in total. The highest BCUT2D eigenvalue weighted by atomic mass is 32.2. The summed E-state index contributed by atoms with van der Waals surface area (Å²) in [4.78, 5) is 27.4. The number of carbonyl (C=O) groups excluding carboxylic acids is 1. The minimum absolute atomic E-state index is 0.0470. The molecule has 0 spiro atoms. The Morgan fingerprint density at radius 2 is 1.62 bits per heavy atom. The number of hydrogen-bond acceptors (Lipinski definition) is 5. The maximum atomic E-state index is 12.6. The van der Waals surface area contributed by atoms with Gasteiger partial charge >= 0.3 is 5.97 Å². The van der Waals surface area contributed by atoms with E-state index in [4.69, 9.17) is 5.11 Å². The number of carboxylic acid groups (broad SMARTS) is 1. The molecule has 1 fully saturated rings. The van der Waals surface area contributed by atoms with Crippen LogP contribution in [-0.4, -0.2) is 86.4 Å². The van der Waals surface area contributed by atoms with Gasteiger partial charge in [-0.25, -0.2) is 9.22 Å². The lowest BCUT2D eigenvalue weighted by Gasteiger charge is -2.41. The van der Waals surface area contributed by atoms with Crippen LogP contribution in [0.4, 0.5) is 5.69 Å². The highest BCUT2D eigenvalue weighted by Crippen LogP contribution is 2.22. The van der Waals surface area contributed by atoms with Crippen LogP contribution in [0.1, 0.15) is 34.8 Å². The summed E-state index contributed by atoms with van der Waals surface area (Å²) >= 11 is -2.30. The summed E-state index contributed by atoms with van der Waals surface area (Å²) in [7, 11) is 3.48. The summed E-state index contributed by atoms with van der Waals surface area (Å²) in [5.41, 5.74) is 3.35. The summed E-state index contributed by atoms with van der Waals surface area (Å²) < 4.78 is 22.8. The molecule has 3 aromatic rings. The van der Waals surface area contributed by atoms with E-state index in [-0.39, 0.29) is 12.3 Å². The number of piperazine rings is 1. The van der Waals surface area contributed by atoms with Crippen molar-refractivity contribution in [3.8, 4) is 11.8 Å². The van der Waals surface area contributed by atoms with E-state index in [9.17, 15) is 18.4 Å². The first-order valence-corrected chi connectivity index (χ1v) is 13.7. The molecule has 1 aliphatic rings. The molecular formula is C29H32N4O5S. The fourth-order valence-electron chi connectivity index (χ4n) is 4.69. The van der Waals surface area contributed by atoms with Gasteiger partial charge in [0, 0.05) is 68.7 Å². The van der Waals surface area contributed by atoms with E-state index in [0.29, 0.717) is 31.7 Å². The van der Waals surface area contributed by atoms with Crippen LogP contribution in [0.2, 0.25) is 0 Å². The monoisotopic (exact) mass is 548 g/mol. The molecule has 0 aliphatic carbocycles. The zero-order valence-electron chi connectivity index (χ0n) is 22.2. The molecule has 0 radical (unpaired) electrons. The number of benzene rings is 3. The van der Waals surface area contributed by atoms with Crippen molar-refractivity contribution in [3.63, 3.8) is 0 Å². The first-order valence-electron chi connectivity index (χ1n) is 12.6. The standard InChI is InChI=1S/C29H32N4O5S/c1-21(19-28(34)35)33(39(37)38)32-17-15-31(16-18-32)25-13-10-22(11-14-25)7-8-23-9-12-24-5-4-6-26(27(24)20-23)29(36)30(2)3/h4-6,9-14,20-21H,15-19H2,1-3H3,(H,34,35)(H,37,38). The van der Waals surface area contributed by atoms with E-state index in [2.05, 4.69) is 16.7 Å². The average Bonchev–Trinajstić information content (AvgIpc) is 2.91. The summed E-state index contributed by atoms with van der Waals surface area (Å²) in [6.07, 6.45) is -0.219. The minimum Gasteiger partial charge on any atom is -0.481 e. The number of hydrazine groups is 1. The van der Waals surface area contributed by atoms with Crippen LogP contribution in [0, 0.1) is 11.8 Å². The molecule has 1 amide bonds. The lowest BCUT2D eigenvalue weighted by Crippen LogP contribution is -2.57. The zero-order valence-corrected chi connectivity index (χ0v) is 23.0. The Morgan fingerprint density at radius 3 is 2.23 bits per heavy atom. The Balaban J connectivity index is 1.43. The van der Waals surface area contributed by atoms with E-state index in [1.54, 1.807) is 30.9 Å². The van der Waals surface area contributed by atoms with Crippen LogP contribution in [0.3, 0.4) is 0 Å². The largest absolute Gasteiger partial charge is 0.481 e. The fourth-order valence-corrected chi connectivity index (χ4v) is 5.43. The summed E-state index contributed by atoms with van der Waals surface area (Å²) in [6.45, 7) is 3.89. The smallest absolute Gasteiger partial charge is 0.305 e. The Hall–Kier alpha value is -3.75. The molecular weight excluding hydrogens is 516 g/mol. The van der Waals surface area contributed by atoms with Crippen molar-refractivity contribution in [1.82, 2.24) is 14.3 Å². The highest BCUT2D eigenvalue weighted by molar-refractivity contribution is 7.76. The third-order valence-corrected chi connectivity index (χ3v) is 7.56. The Morgan fingerprint density at radius 1 is 0.974 bits per heavy atom. The molecule has 9 nitrogen and oxygen atoms in total. The molecule has 4 rings (SSSR count). The van der Waals surface area contributed by atoms with Gasteiger partial charge in [-0.3, -0.25) is 14.1 Å². The van der Waals surface area contributed by atoms with Gasteiger partial charge in [-0.15, -0.1) is 4.41 Å². The second-order valence-corrected chi connectivity index (χ2v) is 10.5. The molecule has 39 heavy (non-hydrogen) atoms. The molecule has 3 aromatic carbocycles. The van der Waals surface area contributed by atoms with Gasteiger partial charge in [-0.1, -0.05) is 30.0 Å². The summed E-state index contributed by atoms with van der Waals surface area (Å²) in [6, 6.07) is 18.9. The lowest BCUT2D eigenvalue weighted by atomic mass is 10.0. The topological polar surface area (TPSA) is 105 Å². The van der Waals surface area contributed by atoms with Gasteiger partial charge in [0.1, 0.15) is 0 Å². The quantitative estimate of drug-likeness (QED) is 0.345. The van der Waals surface area contributed by atoms with Crippen molar-refractivity contribution < 1.29 is 23.5 Å². The van der Waals surface area contributed by atoms with Crippen LogP contribution < -0.4 is 4.90 Å². The number of hydrogen-bond donors (Lipinski definition) is 2. The number of nitrogens with zero attached hydrogens (tertiary/aromatic N) is 4. The molecule has 0 aromatic heterocycles. The van der Waals surface area contributed by atoms with Crippen molar-refractivity contribution in [2.24, 2.45) is 0 Å². The molecule has 10 heteroatoms. The average molecular weight is 549 g/mol. The lowest BCUT2D eigenvalue weighted by molar-refractivity contribution is -0.139. The van der Waals surface area contributed by atoms with Crippen molar-refractivity contribution in [2.75, 3.05) is 45.2 Å². The zero-order chi connectivity index (χ0) is 28.1. The number of amides is 1. The van der Waals surface area contributed by atoms with E-state index in [1.807, 2.05) is 60.7 Å². The number of rotatable bonds is 7. The maximum Gasteiger partial charge on any atom is 0.305 e. The summed E-state index contributed by atoms with van der Waals surface area (Å²) in [5.74, 6) is 5.35. The third-order valence-electron chi connectivity index (χ3n) is 6.64. The van der Waals surface area contributed by atoms with Crippen molar-refractivity contribution >= 4 is 39.6 Å². The van der Waals surface area contributed by atoms with E-state index >= 15 is 0 Å². The molecule has 2 unspecified atom stereocenters. The Labute approximate surface area is 231 Å². The van der Waals surface area contributed by atoms with Crippen LogP contribution in [-0.2, 0) is 16.1 Å². The predicted octanol–water partition coefficient (Wildman–Crippen LogP) is 3.28. The highest BCUT2D eigenvalue weighted by Gasteiger charge is 2.30. The van der Waals surface area contributed by atoms with Crippen molar-refractivity contribution in [1.29, 1.82) is 0 Å². The Kier molecular flexibility index (Phi) is 8.99. The molecule has 0 saturated carbocycles. The van der Waals surface area contributed by atoms with Crippen LogP contribution in [0.15, 0.2) is 60.7 Å². The second kappa shape index (κ2) is 12.4. The summed E-state index contributed by atoms with van der Waals surface area (Å²) in [5, 5.41) is 12.7. The SMILES string of the molecule is CC(CC(=O)O)N(N1CCN(c2ccc(C#Cc3ccc4cccc(C(=O)N(C)C)c4c3)cc2)CC1)S(=O)O. The van der Waals surface area contributed by atoms with Gasteiger partial charge < -0.3 is 14.9 Å². The minimum atomic E-state index is -2.30. The molecule has 204 valence electrons. The van der Waals surface area contributed by atoms with Gasteiger partial charge in [0.05, 0.1) is 6.42 Å². The fraction of sp³-hybridized carbons (Fsp3) is 0.310. The number of carbonyl (C=O) groups is 2. The predicted molar refractivity (Wildman–Crippen MR) is 152 cm³/mol. The van der Waals surface area contributed by atoms with Crippen LogP contribution in [0.25, 0.3) is 10.8 Å². The molecule has 2 atom stereocenters. The first-order chi connectivity index (χ1) is 18.6. The van der Waals surface area contributed by atoms with Crippen molar-refractivity contribution in [3.05, 3.63) is 77.4 Å². The second-order valence-electron chi connectivity index (χ2n) is 9.66. The molecule has 1 saturated heterocycles.